The molecule has 1 amide bonds. The topological polar surface area (TPSA) is 66.9 Å². The molecule has 1 aromatic heterocycles. The van der Waals surface area contributed by atoms with Gasteiger partial charge in [0.05, 0.1) is 12.1 Å². The van der Waals surface area contributed by atoms with Gasteiger partial charge in [0.1, 0.15) is 0 Å². The van der Waals surface area contributed by atoms with Crippen molar-refractivity contribution in [3.63, 3.8) is 0 Å². The molecular weight excluding hydrogens is 340 g/mol. The zero-order valence-electron chi connectivity index (χ0n) is 12.6. The Kier molecular flexibility index (Phi) is 4.39. The quantitative estimate of drug-likeness (QED) is 0.834. The summed E-state index contributed by atoms with van der Waals surface area (Å²) in [6.45, 7) is 0.301. The number of hydrogen-bond donors (Lipinski definition) is 2. The van der Waals surface area contributed by atoms with Gasteiger partial charge in [0.2, 0.25) is 5.82 Å². The largest absolute Gasteiger partial charge is 0.451 e. The lowest BCUT2D eigenvalue weighted by Gasteiger charge is -2.25. The number of carbonyl (C=O) groups is 1. The molecule has 0 unspecified atom stereocenters. The van der Waals surface area contributed by atoms with E-state index in [9.17, 15) is 22.4 Å². The molecule has 25 heavy (non-hydrogen) atoms. The molecule has 1 aliphatic heterocycles. The van der Waals surface area contributed by atoms with E-state index in [1.54, 1.807) is 30.3 Å². The molecule has 1 aromatic carbocycles. The van der Waals surface area contributed by atoms with Crippen molar-refractivity contribution in [3.8, 4) is 0 Å². The number of alkyl halides is 4. The van der Waals surface area contributed by atoms with Crippen LogP contribution in [0, 0.1) is 0 Å². The molecule has 0 bridgehead atoms. The molecule has 0 saturated carbocycles. The van der Waals surface area contributed by atoms with E-state index in [-0.39, 0.29) is 5.56 Å². The Labute approximate surface area is 139 Å². The zero-order valence-corrected chi connectivity index (χ0v) is 12.6. The van der Waals surface area contributed by atoms with Crippen molar-refractivity contribution in [2.75, 3.05) is 11.9 Å². The van der Waals surface area contributed by atoms with Gasteiger partial charge in [-0.15, -0.1) is 0 Å². The molecular formula is C16H12F4N4O. The third-order valence-electron chi connectivity index (χ3n) is 3.48. The summed E-state index contributed by atoms with van der Waals surface area (Å²) in [7, 11) is 0. The third kappa shape index (κ3) is 3.93. The van der Waals surface area contributed by atoms with Crippen LogP contribution in [0.4, 0.5) is 23.2 Å². The summed E-state index contributed by atoms with van der Waals surface area (Å²) in [5, 5.41) is 5.37. The minimum atomic E-state index is -4.66. The normalized spacial score (nSPS) is 18.4. The van der Waals surface area contributed by atoms with Crippen LogP contribution in [0.25, 0.3) is 6.08 Å². The number of halogens is 4. The van der Waals surface area contributed by atoms with E-state index >= 15 is 0 Å². The average Bonchev–Trinajstić information content (AvgIpc) is 2.59. The summed E-state index contributed by atoms with van der Waals surface area (Å²) in [5.74, 6) is -1.94. The number of benzene rings is 1. The fourth-order valence-electron chi connectivity index (χ4n) is 2.08. The molecule has 1 aliphatic rings. The molecule has 2 heterocycles. The van der Waals surface area contributed by atoms with E-state index in [0.717, 1.165) is 18.0 Å². The number of hydrogen-bond acceptors (Lipinski definition) is 4. The predicted octanol–water partition coefficient (Wildman–Crippen LogP) is 3.03. The van der Waals surface area contributed by atoms with Crippen molar-refractivity contribution in [3.05, 3.63) is 59.3 Å². The summed E-state index contributed by atoms with van der Waals surface area (Å²) >= 11 is 0. The lowest BCUT2D eigenvalue weighted by Crippen LogP contribution is -2.40. The molecule has 130 valence electrons. The maximum absolute atomic E-state index is 13.1. The fraction of sp³-hybridized carbons (Fsp3) is 0.188. The molecule has 2 N–H and O–H groups in total. The van der Waals surface area contributed by atoms with Crippen molar-refractivity contribution in [1.29, 1.82) is 0 Å². The van der Waals surface area contributed by atoms with E-state index in [0.29, 0.717) is 17.9 Å². The second kappa shape index (κ2) is 6.50. The minimum Gasteiger partial charge on any atom is -0.383 e. The van der Waals surface area contributed by atoms with Gasteiger partial charge in [-0.3, -0.25) is 4.79 Å². The predicted molar refractivity (Wildman–Crippen MR) is 82.3 cm³/mol. The van der Waals surface area contributed by atoms with Gasteiger partial charge >= 0.3 is 6.18 Å². The van der Waals surface area contributed by atoms with Crippen LogP contribution < -0.4 is 10.6 Å². The van der Waals surface area contributed by atoms with Crippen LogP contribution in [0.3, 0.4) is 0 Å². The summed E-state index contributed by atoms with van der Waals surface area (Å²) in [6, 6.07) is 6.56. The van der Waals surface area contributed by atoms with Crippen LogP contribution in [0.15, 0.2) is 42.4 Å². The molecule has 1 saturated heterocycles. The molecule has 2 aromatic rings. The highest BCUT2D eigenvalue weighted by Gasteiger charge is 2.34. The summed E-state index contributed by atoms with van der Waals surface area (Å²) in [6.07, 6.45) is -2.36. The Morgan fingerprint density at radius 3 is 2.32 bits per heavy atom. The van der Waals surface area contributed by atoms with Gasteiger partial charge < -0.3 is 10.6 Å². The third-order valence-corrected chi connectivity index (χ3v) is 3.48. The van der Waals surface area contributed by atoms with Gasteiger partial charge in [0.25, 0.3) is 5.91 Å². The van der Waals surface area contributed by atoms with Crippen LogP contribution in [0.2, 0.25) is 0 Å². The standard InChI is InChI=1S/C16H12F4N4O/c17-12-8-21-13(12)5-9-1-3-11(4-2-9)24-14(25)10-6-22-15(23-7-10)16(18,19)20/h1-7,12,21H,8H2,(H,24,25)/b13-5+/t12-/m0/s1. The first-order valence-electron chi connectivity index (χ1n) is 7.23. The summed E-state index contributed by atoms with van der Waals surface area (Å²) < 4.78 is 50.3. The number of nitrogens with one attached hydrogen (secondary N) is 2. The van der Waals surface area contributed by atoms with Crippen LogP contribution in [0.1, 0.15) is 21.7 Å². The first-order valence-corrected chi connectivity index (χ1v) is 7.23. The Hall–Kier alpha value is -2.97. The second-order valence-corrected chi connectivity index (χ2v) is 5.32. The maximum Gasteiger partial charge on any atom is 0.451 e. The first-order chi connectivity index (χ1) is 11.8. The number of rotatable bonds is 3. The molecule has 1 atom stereocenters. The Morgan fingerprint density at radius 1 is 1.20 bits per heavy atom. The van der Waals surface area contributed by atoms with Gasteiger partial charge in [0.15, 0.2) is 6.17 Å². The van der Waals surface area contributed by atoms with Gasteiger partial charge in [-0.25, -0.2) is 14.4 Å². The van der Waals surface area contributed by atoms with E-state index in [4.69, 9.17) is 0 Å². The van der Waals surface area contributed by atoms with Crippen molar-refractivity contribution in [2.45, 2.75) is 12.3 Å². The average molecular weight is 352 g/mol. The SMILES string of the molecule is O=C(Nc1ccc(/C=C2/NC[C@@H]2F)cc1)c1cnc(C(F)(F)F)nc1. The lowest BCUT2D eigenvalue weighted by molar-refractivity contribution is -0.145. The molecule has 3 rings (SSSR count). The summed E-state index contributed by atoms with van der Waals surface area (Å²) in [5.41, 5.74) is 1.59. The minimum absolute atomic E-state index is 0.0990. The number of aromatic nitrogens is 2. The Balaban J connectivity index is 1.65. The van der Waals surface area contributed by atoms with Crippen LogP contribution in [-0.4, -0.2) is 28.6 Å². The van der Waals surface area contributed by atoms with Crippen molar-refractivity contribution < 1.29 is 22.4 Å². The fourth-order valence-corrected chi connectivity index (χ4v) is 2.08. The van der Waals surface area contributed by atoms with E-state index < -0.39 is 24.1 Å². The zero-order chi connectivity index (χ0) is 18.0. The molecule has 0 aliphatic carbocycles. The van der Waals surface area contributed by atoms with Crippen LogP contribution >= 0.6 is 0 Å². The maximum atomic E-state index is 13.1. The number of nitrogens with zero attached hydrogens (tertiary/aromatic N) is 2. The number of amides is 1. The molecule has 0 radical (unpaired) electrons. The van der Waals surface area contributed by atoms with Crippen LogP contribution in [0.5, 0.6) is 0 Å². The smallest absolute Gasteiger partial charge is 0.383 e. The molecule has 0 spiro atoms. The van der Waals surface area contributed by atoms with E-state index in [1.807, 2.05) is 0 Å². The van der Waals surface area contributed by atoms with Crippen LogP contribution in [-0.2, 0) is 6.18 Å². The van der Waals surface area contributed by atoms with Gasteiger partial charge in [-0.2, -0.15) is 13.2 Å². The number of carbonyl (C=O) groups excluding carboxylic acids is 1. The molecule has 5 nitrogen and oxygen atoms in total. The number of anilines is 1. The highest BCUT2D eigenvalue weighted by Crippen LogP contribution is 2.25. The van der Waals surface area contributed by atoms with Crippen molar-refractivity contribution >= 4 is 17.7 Å². The lowest BCUT2D eigenvalue weighted by atomic mass is 10.1. The van der Waals surface area contributed by atoms with Gasteiger partial charge in [0, 0.05) is 23.8 Å². The highest BCUT2D eigenvalue weighted by atomic mass is 19.4. The molecule has 9 heteroatoms. The monoisotopic (exact) mass is 352 g/mol. The summed E-state index contributed by atoms with van der Waals surface area (Å²) in [4.78, 5) is 18.3. The highest BCUT2D eigenvalue weighted by molar-refractivity contribution is 6.03. The van der Waals surface area contributed by atoms with Gasteiger partial charge in [-0.05, 0) is 23.8 Å². The van der Waals surface area contributed by atoms with Gasteiger partial charge in [-0.1, -0.05) is 12.1 Å². The Bertz CT molecular complexity index is 800. The molecule has 1 fully saturated rings. The Morgan fingerprint density at radius 2 is 1.84 bits per heavy atom. The van der Waals surface area contributed by atoms with Crippen molar-refractivity contribution in [1.82, 2.24) is 15.3 Å². The van der Waals surface area contributed by atoms with Crippen molar-refractivity contribution in [2.24, 2.45) is 0 Å². The van der Waals surface area contributed by atoms with E-state index in [2.05, 4.69) is 20.6 Å². The second-order valence-electron chi connectivity index (χ2n) is 5.32. The first kappa shape index (κ1) is 16.9. The van der Waals surface area contributed by atoms with E-state index in [1.165, 1.54) is 0 Å².